The number of carbonyl (C=O) groups excluding carboxylic acids is 1. The van der Waals surface area contributed by atoms with Crippen LogP contribution in [0.25, 0.3) is 0 Å². The van der Waals surface area contributed by atoms with Crippen LogP contribution < -0.4 is 0 Å². The molecule has 6 nitrogen and oxygen atoms in total. The van der Waals surface area contributed by atoms with Gasteiger partial charge >= 0.3 is 0 Å². The van der Waals surface area contributed by atoms with Gasteiger partial charge in [-0.1, -0.05) is 0 Å². The first-order valence-electron chi connectivity index (χ1n) is 5.97. The highest BCUT2D eigenvalue weighted by atomic mass is 16.3. The molecule has 0 radical (unpaired) electrons. The van der Waals surface area contributed by atoms with Gasteiger partial charge in [-0.05, 0) is 6.07 Å². The zero-order valence-electron chi connectivity index (χ0n) is 10.1. The SMILES string of the molecule is O=C(c1cncc(O)c1)N1CCN(CCO)CC1. The summed E-state index contributed by atoms with van der Waals surface area (Å²) in [5.74, 6) is -0.109. The maximum Gasteiger partial charge on any atom is 0.255 e. The molecule has 0 aliphatic carbocycles. The number of aliphatic hydroxyl groups is 1. The summed E-state index contributed by atoms with van der Waals surface area (Å²) in [4.78, 5) is 19.8. The summed E-state index contributed by atoms with van der Waals surface area (Å²) >= 11 is 0. The zero-order valence-corrected chi connectivity index (χ0v) is 10.1. The average molecular weight is 251 g/mol. The van der Waals surface area contributed by atoms with E-state index in [4.69, 9.17) is 5.11 Å². The first-order chi connectivity index (χ1) is 8.70. The molecule has 0 bridgehead atoms. The number of piperazine rings is 1. The van der Waals surface area contributed by atoms with E-state index >= 15 is 0 Å². The smallest absolute Gasteiger partial charge is 0.255 e. The Morgan fingerprint density at radius 1 is 1.28 bits per heavy atom. The number of aromatic hydroxyl groups is 1. The molecular weight excluding hydrogens is 234 g/mol. The van der Waals surface area contributed by atoms with Gasteiger partial charge in [0.25, 0.3) is 5.91 Å². The standard InChI is InChI=1S/C12H17N3O3/c16-6-5-14-1-3-15(4-2-14)12(18)10-7-11(17)9-13-8-10/h7-9,16-17H,1-6H2. The van der Waals surface area contributed by atoms with E-state index in [0.717, 1.165) is 13.1 Å². The minimum absolute atomic E-state index is 0.000216. The van der Waals surface area contributed by atoms with Crippen molar-refractivity contribution in [2.45, 2.75) is 0 Å². The second-order valence-corrected chi connectivity index (χ2v) is 4.29. The third kappa shape index (κ3) is 2.96. The molecule has 1 fully saturated rings. The molecule has 18 heavy (non-hydrogen) atoms. The summed E-state index contributed by atoms with van der Waals surface area (Å²) in [6, 6.07) is 1.43. The number of aromatic nitrogens is 1. The van der Waals surface area contributed by atoms with E-state index in [-0.39, 0.29) is 18.3 Å². The van der Waals surface area contributed by atoms with Crippen LogP contribution in [0.2, 0.25) is 0 Å². The fraction of sp³-hybridized carbons (Fsp3) is 0.500. The quantitative estimate of drug-likeness (QED) is 0.760. The predicted molar refractivity (Wildman–Crippen MR) is 65.3 cm³/mol. The van der Waals surface area contributed by atoms with Gasteiger partial charge < -0.3 is 15.1 Å². The van der Waals surface area contributed by atoms with Crippen LogP contribution in [0.5, 0.6) is 5.75 Å². The Labute approximate surface area is 105 Å². The van der Waals surface area contributed by atoms with Crippen LogP contribution in [0.3, 0.4) is 0 Å². The van der Waals surface area contributed by atoms with Gasteiger partial charge in [-0.2, -0.15) is 0 Å². The summed E-state index contributed by atoms with van der Waals surface area (Å²) < 4.78 is 0. The minimum atomic E-state index is -0.109. The summed E-state index contributed by atoms with van der Waals surface area (Å²) in [5, 5.41) is 18.1. The van der Waals surface area contributed by atoms with Crippen molar-refractivity contribution in [3.05, 3.63) is 24.0 Å². The van der Waals surface area contributed by atoms with Crippen molar-refractivity contribution in [3.63, 3.8) is 0 Å². The van der Waals surface area contributed by atoms with E-state index in [2.05, 4.69) is 9.88 Å². The number of amides is 1. The lowest BCUT2D eigenvalue weighted by atomic mass is 10.2. The largest absolute Gasteiger partial charge is 0.506 e. The Bertz CT molecular complexity index is 417. The number of hydrogen-bond acceptors (Lipinski definition) is 5. The summed E-state index contributed by atoms with van der Waals surface area (Å²) in [7, 11) is 0. The lowest BCUT2D eigenvalue weighted by Crippen LogP contribution is -2.49. The molecule has 1 aliphatic rings. The topological polar surface area (TPSA) is 76.9 Å². The molecule has 0 aromatic carbocycles. The molecule has 1 aromatic rings. The summed E-state index contributed by atoms with van der Waals surface area (Å²) in [6.07, 6.45) is 2.76. The maximum absolute atomic E-state index is 12.1. The number of carbonyl (C=O) groups is 1. The lowest BCUT2D eigenvalue weighted by molar-refractivity contribution is 0.0614. The van der Waals surface area contributed by atoms with Crippen molar-refractivity contribution in [3.8, 4) is 5.75 Å². The molecule has 0 saturated carbocycles. The highest BCUT2D eigenvalue weighted by Gasteiger charge is 2.22. The molecular formula is C12H17N3O3. The van der Waals surface area contributed by atoms with Crippen LogP contribution in [-0.4, -0.2) is 70.2 Å². The van der Waals surface area contributed by atoms with Crippen molar-refractivity contribution < 1.29 is 15.0 Å². The number of β-amino-alcohol motifs (C(OH)–C–C–N with tert-alkyl or cyclic N) is 1. The van der Waals surface area contributed by atoms with Gasteiger partial charge in [-0.15, -0.1) is 0 Å². The summed E-state index contributed by atoms with van der Waals surface area (Å²) in [6.45, 7) is 3.58. The van der Waals surface area contributed by atoms with Gasteiger partial charge in [0.1, 0.15) is 5.75 Å². The highest BCUT2D eigenvalue weighted by Crippen LogP contribution is 2.12. The Hall–Kier alpha value is -1.66. The normalized spacial score (nSPS) is 16.8. The molecule has 1 aliphatic heterocycles. The Balaban J connectivity index is 1.95. The van der Waals surface area contributed by atoms with E-state index in [1.165, 1.54) is 18.5 Å². The van der Waals surface area contributed by atoms with Crippen LogP contribution in [0, 0.1) is 0 Å². The summed E-state index contributed by atoms with van der Waals surface area (Å²) in [5.41, 5.74) is 0.408. The third-order valence-corrected chi connectivity index (χ3v) is 3.05. The van der Waals surface area contributed by atoms with Crippen molar-refractivity contribution in [1.29, 1.82) is 0 Å². The van der Waals surface area contributed by atoms with Gasteiger partial charge in [-0.3, -0.25) is 14.7 Å². The molecule has 98 valence electrons. The number of nitrogens with zero attached hydrogens (tertiary/aromatic N) is 3. The minimum Gasteiger partial charge on any atom is -0.506 e. The maximum atomic E-state index is 12.1. The van der Waals surface area contributed by atoms with Gasteiger partial charge in [0.05, 0.1) is 18.4 Å². The van der Waals surface area contributed by atoms with E-state index < -0.39 is 0 Å². The molecule has 0 spiro atoms. The molecule has 0 unspecified atom stereocenters. The van der Waals surface area contributed by atoms with Gasteiger partial charge in [0.15, 0.2) is 0 Å². The van der Waals surface area contributed by atoms with Gasteiger partial charge in [-0.25, -0.2) is 0 Å². The molecule has 1 saturated heterocycles. The molecule has 1 aromatic heterocycles. The van der Waals surface area contributed by atoms with Gasteiger partial charge in [0, 0.05) is 38.9 Å². The van der Waals surface area contributed by atoms with Crippen LogP contribution in [0.1, 0.15) is 10.4 Å². The Morgan fingerprint density at radius 3 is 2.61 bits per heavy atom. The predicted octanol–water partition coefficient (Wildman–Crippen LogP) is -0.463. The molecule has 1 amide bonds. The van der Waals surface area contributed by atoms with Crippen LogP contribution in [-0.2, 0) is 0 Å². The Morgan fingerprint density at radius 2 is 2.00 bits per heavy atom. The van der Waals surface area contributed by atoms with Gasteiger partial charge in [0.2, 0.25) is 0 Å². The van der Waals surface area contributed by atoms with E-state index in [1.54, 1.807) is 4.90 Å². The number of aliphatic hydroxyl groups excluding tert-OH is 1. The number of rotatable bonds is 3. The number of pyridine rings is 1. The van der Waals surface area contributed by atoms with E-state index in [0.29, 0.717) is 25.2 Å². The first kappa shape index (κ1) is 12.8. The third-order valence-electron chi connectivity index (χ3n) is 3.05. The van der Waals surface area contributed by atoms with Crippen molar-refractivity contribution in [2.75, 3.05) is 39.3 Å². The van der Waals surface area contributed by atoms with Crippen molar-refractivity contribution in [2.24, 2.45) is 0 Å². The van der Waals surface area contributed by atoms with E-state index in [9.17, 15) is 9.90 Å². The highest BCUT2D eigenvalue weighted by molar-refractivity contribution is 5.94. The van der Waals surface area contributed by atoms with Crippen molar-refractivity contribution in [1.82, 2.24) is 14.8 Å². The van der Waals surface area contributed by atoms with Crippen LogP contribution in [0.15, 0.2) is 18.5 Å². The fourth-order valence-electron chi connectivity index (χ4n) is 2.04. The van der Waals surface area contributed by atoms with Crippen LogP contribution >= 0.6 is 0 Å². The monoisotopic (exact) mass is 251 g/mol. The lowest BCUT2D eigenvalue weighted by Gasteiger charge is -2.34. The van der Waals surface area contributed by atoms with E-state index in [1.807, 2.05) is 0 Å². The van der Waals surface area contributed by atoms with Crippen LogP contribution in [0.4, 0.5) is 0 Å². The first-order valence-corrected chi connectivity index (χ1v) is 5.97. The second-order valence-electron chi connectivity index (χ2n) is 4.29. The Kier molecular flexibility index (Phi) is 4.11. The molecule has 2 rings (SSSR count). The fourth-order valence-corrected chi connectivity index (χ4v) is 2.04. The molecule has 2 heterocycles. The van der Waals surface area contributed by atoms with Crippen molar-refractivity contribution >= 4 is 5.91 Å². The molecule has 6 heteroatoms. The average Bonchev–Trinajstić information content (AvgIpc) is 2.39. The zero-order chi connectivity index (χ0) is 13.0. The second kappa shape index (κ2) is 5.79. The molecule has 2 N–H and O–H groups in total. The number of hydrogen-bond donors (Lipinski definition) is 2. The molecule has 0 atom stereocenters.